The van der Waals surface area contributed by atoms with Gasteiger partial charge < -0.3 is 36.1 Å². The van der Waals surface area contributed by atoms with Crippen molar-refractivity contribution < 1.29 is 24.2 Å². The van der Waals surface area contributed by atoms with E-state index >= 15 is 0 Å². The van der Waals surface area contributed by atoms with Crippen molar-refractivity contribution in [2.24, 2.45) is 41.2 Å². The number of allylic oxidation sites excluding steroid dienone is 7. The Morgan fingerprint density at radius 3 is 2.48 bits per heavy atom. The molecular formula is C37H62N6O5. The average Bonchev–Trinajstić information content (AvgIpc) is 3.39. The Morgan fingerprint density at radius 1 is 1.10 bits per heavy atom. The molecule has 48 heavy (non-hydrogen) atoms. The number of nitrogens with zero attached hydrogens (tertiary/aromatic N) is 2. The lowest BCUT2D eigenvalue weighted by Gasteiger charge is -2.27. The summed E-state index contributed by atoms with van der Waals surface area (Å²) in [6.07, 6.45) is 17.4. The molecule has 0 aromatic carbocycles. The van der Waals surface area contributed by atoms with E-state index in [4.69, 9.17) is 16.3 Å². The highest BCUT2D eigenvalue weighted by atomic mass is 16.5. The molecule has 2 aliphatic carbocycles. The number of hydrogen-bond donors (Lipinski definition) is 5. The van der Waals surface area contributed by atoms with Crippen LogP contribution in [0.4, 0.5) is 0 Å². The monoisotopic (exact) mass is 670 g/mol. The van der Waals surface area contributed by atoms with E-state index in [2.05, 4.69) is 10.6 Å². The zero-order chi connectivity index (χ0) is 35.1. The highest BCUT2D eigenvalue weighted by Crippen LogP contribution is 2.53. The summed E-state index contributed by atoms with van der Waals surface area (Å²) in [6, 6.07) is -0.735. The maximum atomic E-state index is 13.7. The number of hydrazine groups is 1. The van der Waals surface area contributed by atoms with E-state index in [-0.39, 0.29) is 41.9 Å². The van der Waals surface area contributed by atoms with E-state index < -0.39 is 6.04 Å². The third kappa shape index (κ3) is 12.6. The first kappa shape index (κ1) is 39.1. The summed E-state index contributed by atoms with van der Waals surface area (Å²) in [5.41, 5.74) is 8.40. The van der Waals surface area contributed by atoms with Crippen LogP contribution in [-0.2, 0) is 19.1 Å². The van der Waals surface area contributed by atoms with Gasteiger partial charge >= 0.3 is 0 Å². The van der Waals surface area contributed by atoms with Gasteiger partial charge in [0, 0.05) is 50.7 Å². The number of nitrogens with two attached hydrogens (primary N) is 2. The number of methoxy groups -OCH3 is 1. The van der Waals surface area contributed by atoms with Gasteiger partial charge in [0.2, 0.25) is 17.7 Å². The Labute approximate surface area is 288 Å². The third-order valence-electron chi connectivity index (χ3n) is 10.0. The molecule has 0 aromatic heterocycles. The number of likely N-dealkylation sites (tertiary alicyclic amines) is 1. The minimum absolute atomic E-state index is 0.0646. The molecule has 0 radical (unpaired) electrons. The number of rotatable bonds is 19. The Morgan fingerprint density at radius 2 is 1.81 bits per heavy atom. The standard InChI is InChI=1S/C37H62N6O5/c1-5-12-28(44)15-8-6-7-13-27(14-11-22-43(39)34-19-17-30-29(16-18-32(34)38)31(30)25-48-4)36(46)41-33(23-26(2)3)37(47)40-24-35(45)42-20-9-10-21-42/h5-6,8,12,15,26-27,29-31,33,44H,7,9-11,13-14,16-25,38-39H2,1-4H3,(H,40,47)(H,41,46)/b8-6+,12-5-,28-15+,34-32-. The third-order valence-corrected chi connectivity index (χ3v) is 10.0. The highest BCUT2D eigenvalue weighted by molar-refractivity contribution is 5.91. The molecule has 1 aliphatic heterocycles. The predicted molar refractivity (Wildman–Crippen MR) is 190 cm³/mol. The van der Waals surface area contributed by atoms with Crippen LogP contribution in [0, 0.1) is 29.6 Å². The lowest BCUT2D eigenvalue weighted by molar-refractivity contribution is -0.134. The van der Waals surface area contributed by atoms with Crippen molar-refractivity contribution in [3.05, 3.63) is 47.5 Å². The van der Waals surface area contributed by atoms with Crippen LogP contribution in [0.5, 0.6) is 0 Å². The minimum Gasteiger partial charge on any atom is -0.508 e. The van der Waals surface area contributed by atoms with Gasteiger partial charge in [0.05, 0.1) is 6.54 Å². The molecule has 11 nitrogen and oxygen atoms in total. The normalized spacial score (nSPS) is 24.3. The first-order valence-electron chi connectivity index (χ1n) is 18.1. The van der Waals surface area contributed by atoms with E-state index in [1.165, 1.54) is 0 Å². The number of fused-ring (bicyclic) bond motifs is 1. The molecule has 270 valence electrons. The summed E-state index contributed by atoms with van der Waals surface area (Å²) in [5.74, 6) is 7.94. The fourth-order valence-electron chi connectivity index (χ4n) is 7.27. The molecule has 11 heteroatoms. The highest BCUT2D eigenvalue weighted by Gasteiger charge is 2.49. The molecule has 7 N–H and O–H groups in total. The molecule has 0 aromatic rings. The second kappa shape index (κ2) is 20.3. The van der Waals surface area contributed by atoms with Crippen molar-refractivity contribution in [2.45, 2.75) is 97.4 Å². The summed E-state index contributed by atoms with van der Waals surface area (Å²) in [6.45, 7) is 8.61. The van der Waals surface area contributed by atoms with Gasteiger partial charge in [-0.1, -0.05) is 32.1 Å². The Bertz CT molecular complexity index is 1170. The largest absolute Gasteiger partial charge is 0.508 e. The Kier molecular flexibility index (Phi) is 16.5. The number of aliphatic hydroxyl groups is 1. The lowest BCUT2D eigenvalue weighted by Crippen LogP contribution is -2.51. The van der Waals surface area contributed by atoms with Gasteiger partial charge in [-0.2, -0.15) is 0 Å². The van der Waals surface area contributed by atoms with Crippen LogP contribution in [0.1, 0.15) is 91.4 Å². The molecule has 1 saturated carbocycles. The van der Waals surface area contributed by atoms with Gasteiger partial charge in [0.25, 0.3) is 0 Å². The van der Waals surface area contributed by atoms with E-state index in [0.717, 1.165) is 69.6 Å². The number of amides is 3. The van der Waals surface area contributed by atoms with Crippen molar-refractivity contribution >= 4 is 17.7 Å². The van der Waals surface area contributed by atoms with Crippen molar-refractivity contribution in [3.8, 4) is 0 Å². The Balaban J connectivity index is 1.61. The van der Waals surface area contributed by atoms with E-state index in [1.54, 1.807) is 41.3 Å². The average molecular weight is 671 g/mol. The summed E-state index contributed by atoms with van der Waals surface area (Å²) in [4.78, 5) is 41.3. The quantitative estimate of drug-likeness (QED) is 0.0583. The summed E-state index contributed by atoms with van der Waals surface area (Å²) < 4.78 is 5.42. The lowest BCUT2D eigenvalue weighted by atomic mass is 9.94. The molecule has 2 fully saturated rings. The van der Waals surface area contributed by atoms with Gasteiger partial charge in [-0.05, 0) is 113 Å². The van der Waals surface area contributed by atoms with Crippen molar-refractivity contribution in [1.82, 2.24) is 20.5 Å². The molecule has 1 heterocycles. The maximum absolute atomic E-state index is 13.7. The van der Waals surface area contributed by atoms with Crippen LogP contribution in [0.3, 0.4) is 0 Å². The smallest absolute Gasteiger partial charge is 0.243 e. The summed E-state index contributed by atoms with van der Waals surface area (Å²) in [5, 5.41) is 17.4. The summed E-state index contributed by atoms with van der Waals surface area (Å²) in [7, 11) is 1.76. The number of hydrogen-bond acceptors (Lipinski definition) is 8. The van der Waals surface area contributed by atoms with Crippen LogP contribution in [0.15, 0.2) is 47.5 Å². The van der Waals surface area contributed by atoms with E-state index in [1.807, 2.05) is 26.8 Å². The molecule has 3 amide bonds. The van der Waals surface area contributed by atoms with Crippen LogP contribution >= 0.6 is 0 Å². The van der Waals surface area contributed by atoms with Crippen molar-refractivity contribution in [2.75, 3.05) is 39.9 Å². The number of carbonyl (C=O) groups is 3. The first-order valence-corrected chi connectivity index (χ1v) is 18.1. The van der Waals surface area contributed by atoms with Gasteiger partial charge in [-0.15, -0.1) is 0 Å². The molecular weight excluding hydrogens is 608 g/mol. The molecule has 0 spiro atoms. The molecule has 0 bridgehead atoms. The Hall–Kier alpha value is -3.31. The maximum Gasteiger partial charge on any atom is 0.243 e. The van der Waals surface area contributed by atoms with Gasteiger partial charge in [-0.3, -0.25) is 14.4 Å². The zero-order valence-electron chi connectivity index (χ0n) is 29.8. The first-order chi connectivity index (χ1) is 23.0. The summed E-state index contributed by atoms with van der Waals surface area (Å²) >= 11 is 0. The van der Waals surface area contributed by atoms with Crippen LogP contribution in [0.2, 0.25) is 0 Å². The molecule has 3 rings (SSSR count). The van der Waals surface area contributed by atoms with E-state index in [0.29, 0.717) is 56.4 Å². The second-order valence-corrected chi connectivity index (χ2v) is 14.1. The van der Waals surface area contributed by atoms with Gasteiger partial charge in [0.15, 0.2) is 0 Å². The molecule has 5 atom stereocenters. The van der Waals surface area contributed by atoms with Crippen LogP contribution < -0.4 is 22.2 Å². The molecule has 5 unspecified atom stereocenters. The van der Waals surface area contributed by atoms with Crippen LogP contribution in [-0.4, -0.2) is 78.7 Å². The van der Waals surface area contributed by atoms with Crippen LogP contribution in [0.25, 0.3) is 0 Å². The molecule has 1 saturated heterocycles. The number of carbonyl (C=O) groups excluding carboxylic acids is 3. The van der Waals surface area contributed by atoms with Crippen molar-refractivity contribution in [3.63, 3.8) is 0 Å². The fourth-order valence-corrected chi connectivity index (χ4v) is 7.27. The number of ether oxygens (including phenoxy) is 1. The fraction of sp³-hybridized carbons (Fsp3) is 0.703. The van der Waals surface area contributed by atoms with Gasteiger partial charge in [-0.25, -0.2) is 5.84 Å². The van der Waals surface area contributed by atoms with Gasteiger partial charge in [0.1, 0.15) is 11.8 Å². The second-order valence-electron chi connectivity index (χ2n) is 14.1. The zero-order valence-corrected chi connectivity index (χ0v) is 29.8. The molecule has 3 aliphatic rings. The van der Waals surface area contributed by atoms with Crippen molar-refractivity contribution in [1.29, 1.82) is 0 Å². The number of aliphatic hydroxyl groups excluding tert-OH is 1. The predicted octanol–water partition coefficient (Wildman–Crippen LogP) is 4.44. The van der Waals surface area contributed by atoms with E-state index in [9.17, 15) is 19.5 Å². The minimum atomic E-state index is -0.735. The SMILES string of the molecule is C\C=C/C(O)=C\C=C\CCC(CCCN(N)/C1=C(\N)CCC2C(CC1)C2COC)C(=O)NC(CC(C)C)C(=O)NCC(=O)N1CCCC1. The number of nitrogens with one attached hydrogen (secondary N) is 2. The topological polar surface area (TPSA) is 163 Å².